The van der Waals surface area contributed by atoms with Gasteiger partial charge in [0.1, 0.15) is 5.82 Å². The van der Waals surface area contributed by atoms with Gasteiger partial charge in [0.2, 0.25) is 15.9 Å². The standard InChI is InChI=1S/C26H31Cl2F4N3O3S/c1-25(18-5-7-21(27)22(28)15-18,10-13-35-11-8-19(9-12-35)33-39(3,37)38)24(36)34(2)16-17-4-6-20(23(29)14-17)26(30,31)32/h4-7,14-15,19,33H,8-13,16H2,1-3H3. The quantitative estimate of drug-likeness (QED) is 0.382. The van der Waals surface area contributed by atoms with Gasteiger partial charge in [0.25, 0.3) is 0 Å². The van der Waals surface area contributed by atoms with Crippen molar-refractivity contribution in [2.75, 3.05) is 32.9 Å². The number of benzene rings is 2. The summed E-state index contributed by atoms with van der Waals surface area (Å²) >= 11 is 12.4. The maximum Gasteiger partial charge on any atom is 0.419 e. The van der Waals surface area contributed by atoms with Crippen molar-refractivity contribution in [3.63, 3.8) is 0 Å². The Hall–Kier alpha value is -1.92. The second-order valence-corrected chi connectivity index (χ2v) is 12.8. The number of piperidine rings is 1. The molecular weight excluding hydrogens is 581 g/mol. The second kappa shape index (κ2) is 12.3. The molecule has 0 saturated carbocycles. The zero-order chi connectivity index (χ0) is 29.2. The first-order valence-electron chi connectivity index (χ1n) is 12.3. The number of likely N-dealkylation sites (N-methyl/N-ethyl adjacent to an activating group) is 1. The third kappa shape index (κ3) is 8.29. The highest BCUT2D eigenvalue weighted by Gasteiger charge is 2.39. The number of nitrogens with zero attached hydrogens (tertiary/aromatic N) is 2. The highest BCUT2D eigenvalue weighted by molar-refractivity contribution is 7.88. The van der Waals surface area contributed by atoms with E-state index in [-0.39, 0.29) is 29.1 Å². The van der Waals surface area contributed by atoms with E-state index in [9.17, 15) is 30.8 Å². The Labute approximate surface area is 236 Å². The second-order valence-electron chi connectivity index (χ2n) is 10.2. The van der Waals surface area contributed by atoms with Gasteiger partial charge in [-0.2, -0.15) is 13.2 Å². The molecule has 3 rings (SSSR count). The number of likely N-dealkylation sites (tertiary alicyclic amines) is 1. The molecule has 0 aromatic heterocycles. The Morgan fingerprint density at radius 2 is 1.74 bits per heavy atom. The molecule has 2 aromatic rings. The number of sulfonamides is 1. The lowest BCUT2D eigenvalue weighted by Crippen LogP contribution is -2.48. The Bertz CT molecular complexity index is 1300. The van der Waals surface area contributed by atoms with Gasteiger partial charge in [-0.3, -0.25) is 4.79 Å². The first-order chi connectivity index (χ1) is 18.0. The van der Waals surface area contributed by atoms with Gasteiger partial charge in [-0.05, 0) is 81.2 Å². The van der Waals surface area contributed by atoms with Crippen LogP contribution in [-0.2, 0) is 33.0 Å². The molecule has 2 aromatic carbocycles. The van der Waals surface area contributed by atoms with Crippen molar-refractivity contribution in [3.05, 3.63) is 69.0 Å². The van der Waals surface area contributed by atoms with Crippen LogP contribution in [-0.4, -0.2) is 63.1 Å². The summed E-state index contributed by atoms with van der Waals surface area (Å²) in [6, 6.07) is 7.39. The van der Waals surface area contributed by atoms with E-state index >= 15 is 0 Å². The molecular formula is C26H31Cl2F4N3O3S. The molecule has 1 unspecified atom stereocenters. The predicted octanol–water partition coefficient (Wildman–Crippen LogP) is 5.47. The minimum Gasteiger partial charge on any atom is -0.341 e. The summed E-state index contributed by atoms with van der Waals surface area (Å²) in [5, 5.41) is 0.595. The fourth-order valence-corrected chi connectivity index (χ4v) is 5.97. The summed E-state index contributed by atoms with van der Waals surface area (Å²) < 4.78 is 78.7. The van der Waals surface area contributed by atoms with Gasteiger partial charge >= 0.3 is 6.18 Å². The molecule has 1 aliphatic heterocycles. The van der Waals surface area contributed by atoms with E-state index < -0.39 is 33.0 Å². The molecule has 0 radical (unpaired) electrons. The van der Waals surface area contributed by atoms with Crippen molar-refractivity contribution in [1.82, 2.24) is 14.5 Å². The molecule has 1 fully saturated rings. The zero-order valence-corrected chi connectivity index (χ0v) is 24.1. The molecule has 0 spiro atoms. The molecule has 1 atom stereocenters. The normalized spacial score (nSPS) is 17.2. The van der Waals surface area contributed by atoms with Crippen molar-refractivity contribution in [1.29, 1.82) is 0 Å². The average Bonchev–Trinajstić information content (AvgIpc) is 2.83. The van der Waals surface area contributed by atoms with E-state index in [0.29, 0.717) is 55.5 Å². The zero-order valence-electron chi connectivity index (χ0n) is 21.8. The number of hydrogen-bond donors (Lipinski definition) is 1. The summed E-state index contributed by atoms with van der Waals surface area (Å²) in [6.45, 7) is 3.46. The molecule has 39 heavy (non-hydrogen) atoms. The lowest BCUT2D eigenvalue weighted by atomic mass is 9.77. The maximum absolute atomic E-state index is 14.1. The Balaban J connectivity index is 1.78. The third-order valence-corrected chi connectivity index (χ3v) is 8.53. The third-order valence-electron chi connectivity index (χ3n) is 7.03. The van der Waals surface area contributed by atoms with Crippen LogP contribution in [0.4, 0.5) is 17.6 Å². The van der Waals surface area contributed by atoms with Gasteiger partial charge in [0.05, 0.1) is 27.3 Å². The van der Waals surface area contributed by atoms with Crippen LogP contribution in [0.1, 0.15) is 42.9 Å². The first-order valence-corrected chi connectivity index (χ1v) is 14.9. The van der Waals surface area contributed by atoms with E-state index in [1.807, 2.05) is 0 Å². The molecule has 1 aliphatic rings. The van der Waals surface area contributed by atoms with E-state index in [1.54, 1.807) is 25.1 Å². The van der Waals surface area contributed by atoms with Gasteiger partial charge < -0.3 is 9.80 Å². The van der Waals surface area contributed by atoms with Gasteiger partial charge in [0, 0.05) is 19.6 Å². The fraction of sp³-hybridized carbons (Fsp3) is 0.500. The Kier molecular flexibility index (Phi) is 9.97. The van der Waals surface area contributed by atoms with Crippen molar-refractivity contribution in [3.8, 4) is 0 Å². The summed E-state index contributed by atoms with van der Waals surface area (Å²) in [6.07, 6.45) is -2.05. The molecule has 1 heterocycles. The fourth-order valence-electron chi connectivity index (χ4n) is 4.83. The lowest BCUT2D eigenvalue weighted by Gasteiger charge is -2.37. The topological polar surface area (TPSA) is 69.7 Å². The van der Waals surface area contributed by atoms with Crippen LogP contribution in [0.15, 0.2) is 36.4 Å². The van der Waals surface area contributed by atoms with E-state index in [4.69, 9.17) is 23.2 Å². The minimum absolute atomic E-state index is 0.104. The minimum atomic E-state index is -4.81. The van der Waals surface area contributed by atoms with Crippen molar-refractivity contribution < 1.29 is 30.8 Å². The molecule has 6 nitrogen and oxygen atoms in total. The van der Waals surface area contributed by atoms with Crippen LogP contribution in [0.2, 0.25) is 10.0 Å². The number of carbonyl (C=O) groups is 1. The summed E-state index contributed by atoms with van der Waals surface area (Å²) in [5.41, 5.74) is -1.62. The Morgan fingerprint density at radius 1 is 1.10 bits per heavy atom. The maximum atomic E-state index is 14.1. The number of rotatable bonds is 9. The first kappa shape index (κ1) is 31.6. The smallest absolute Gasteiger partial charge is 0.341 e. The number of halogens is 6. The van der Waals surface area contributed by atoms with Crippen LogP contribution < -0.4 is 4.72 Å². The van der Waals surface area contributed by atoms with E-state index in [2.05, 4.69) is 9.62 Å². The van der Waals surface area contributed by atoms with Crippen LogP contribution >= 0.6 is 23.2 Å². The molecule has 0 bridgehead atoms. The molecule has 216 valence electrons. The van der Waals surface area contributed by atoms with E-state index in [0.717, 1.165) is 18.4 Å². The van der Waals surface area contributed by atoms with Crippen LogP contribution in [0.25, 0.3) is 0 Å². The number of amides is 1. The van der Waals surface area contributed by atoms with Gasteiger partial charge in [-0.1, -0.05) is 35.3 Å². The van der Waals surface area contributed by atoms with Crippen LogP contribution in [0.3, 0.4) is 0 Å². The molecule has 13 heteroatoms. The molecule has 1 saturated heterocycles. The van der Waals surface area contributed by atoms with E-state index in [1.165, 1.54) is 11.9 Å². The number of nitrogens with one attached hydrogen (secondary N) is 1. The highest BCUT2D eigenvalue weighted by atomic mass is 35.5. The average molecular weight is 613 g/mol. The Morgan fingerprint density at radius 3 is 2.28 bits per heavy atom. The van der Waals surface area contributed by atoms with Gasteiger partial charge in [-0.25, -0.2) is 17.5 Å². The highest BCUT2D eigenvalue weighted by Crippen LogP contribution is 2.36. The van der Waals surface area contributed by atoms with Crippen LogP contribution in [0, 0.1) is 5.82 Å². The molecule has 1 N–H and O–H groups in total. The summed E-state index contributed by atoms with van der Waals surface area (Å²) in [4.78, 5) is 17.3. The molecule has 1 amide bonds. The SMILES string of the molecule is CN(Cc1ccc(C(F)(F)F)c(F)c1)C(=O)C(C)(CCN1CCC(NS(C)(=O)=O)CC1)c1ccc(Cl)c(Cl)c1. The van der Waals surface area contributed by atoms with Crippen molar-refractivity contribution >= 4 is 39.1 Å². The predicted molar refractivity (Wildman–Crippen MR) is 144 cm³/mol. The number of alkyl halides is 3. The largest absolute Gasteiger partial charge is 0.419 e. The summed E-state index contributed by atoms with van der Waals surface area (Å²) in [5.74, 6) is -1.73. The van der Waals surface area contributed by atoms with Crippen molar-refractivity contribution in [2.45, 2.75) is 50.4 Å². The van der Waals surface area contributed by atoms with Gasteiger partial charge in [0.15, 0.2) is 0 Å². The summed E-state index contributed by atoms with van der Waals surface area (Å²) in [7, 11) is -1.79. The van der Waals surface area contributed by atoms with Gasteiger partial charge in [-0.15, -0.1) is 0 Å². The number of carbonyl (C=O) groups excluding carboxylic acids is 1. The van der Waals surface area contributed by atoms with Crippen LogP contribution in [0.5, 0.6) is 0 Å². The number of hydrogen-bond acceptors (Lipinski definition) is 4. The molecule has 0 aliphatic carbocycles. The monoisotopic (exact) mass is 611 g/mol. The lowest BCUT2D eigenvalue weighted by molar-refractivity contribution is -0.140. The van der Waals surface area contributed by atoms with Crippen molar-refractivity contribution in [2.24, 2.45) is 0 Å².